The number of carbonyl (C=O) groups is 1. The van der Waals surface area contributed by atoms with Crippen molar-refractivity contribution in [3.8, 4) is 11.5 Å². The van der Waals surface area contributed by atoms with Gasteiger partial charge in [-0.05, 0) is 56.2 Å². The van der Waals surface area contributed by atoms with Crippen LogP contribution in [0.1, 0.15) is 36.8 Å². The molecule has 3 aromatic rings. The lowest BCUT2D eigenvalue weighted by Gasteiger charge is -2.28. The van der Waals surface area contributed by atoms with Gasteiger partial charge in [-0.25, -0.2) is 13.9 Å². The van der Waals surface area contributed by atoms with Crippen LogP contribution in [0.25, 0.3) is 0 Å². The highest BCUT2D eigenvalue weighted by atomic mass is 19.1. The highest BCUT2D eigenvalue weighted by Crippen LogP contribution is 2.39. The predicted molar refractivity (Wildman–Crippen MR) is 120 cm³/mol. The van der Waals surface area contributed by atoms with E-state index in [1.54, 1.807) is 43.8 Å². The topological polar surface area (TPSA) is 87.5 Å². The number of ether oxygens (including phenoxy) is 3. The molecule has 4 rings (SSSR count). The molecular weight excluding hydrogens is 427 g/mol. The molecule has 1 aliphatic heterocycles. The Labute approximate surface area is 191 Å². The van der Waals surface area contributed by atoms with Crippen molar-refractivity contribution in [2.24, 2.45) is 0 Å². The Balaban J connectivity index is 1.69. The number of nitrogens with one attached hydrogen (secondary N) is 1. The van der Waals surface area contributed by atoms with Crippen LogP contribution in [-0.2, 0) is 16.1 Å². The number of halogens is 1. The predicted octanol–water partition coefficient (Wildman–Crippen LogP) is 4.17. The zero-order valence-corrected chi connectivity index (χ0v) is 18.9. The summed E-state index contributed by atoms with van der Waals surface area (Å²) in [5.41, 5.74) is 2.67. The van der Waals surface area contributed by atoms with Crippen LogP contribution in [0.15, 0.2) is 53.7 Å². The van der Waals surface area contributed by atoms with Crippen molar-refractivity contribution in [1.29, 1.82) is 0 Å². The molecule has 8 nitrogen and oxygen atoms in total. The Hall–Kier alpha value is -3.88. The summed E-state index contributed by atoms with van der Waals surface area (Å²) >= 11 is 0. The van der Waals surface area contributed by atoms with Gasteiger partial charge in [-0.3, -0.25) is 0 Å². The molecule has 0 fully saturated rings. The molecule has 0 aliphatic carbocycles. The van der Waals surface area contributed by atoms with Gasteiger partial charge in [0.1, 0.15) is 24.3 Å². The Morgan fingerprint density at radius 1 is 1.15 bits per heavy atom. The third kappa shape index (κ3) is 4.52. The van der Waals surface area contributed by atoms with Gasteiger partial charge in [-0.2, -0.15) is 10.1 Å². The molecule has 0 saturated carbocycles. The number of methoxy groups -OCH3 is 1. The SMILES string of the molecule is CCOC(=O)C1=C(C)Nc2nc(C)nn2[C@H]1c1ccc(OCc2ccc(F)cc2)c(OC)c1. The number of fused-ring (bicyclic) bond motifs is 1. The summed E-state index contributed by atoms with van der Waals surface area (Å²) in [6.07, 6.45) is 0. The van der Waals surface area contributed by atoms with Crippen molar-refractivity contribution < 1.29 is 23.4 Å². The number of aromatic nitrogens is 3. The van der Waals surface area contributed by atoms with Gasteiger partial charge in [-0.1, -0.05) is 18.2 Å². The fourth-order valence-electron chi connectivity index (χ4n) is 3.75. The quantitative estimate of drug-likeness (QED) is 0.539. The molecule has 0 amide bonds. The highest BCUT2D eigenvalue weighted by molar-refractivity contribution is 5.92. The van der Waals surface area contributed by atoms with Crippen LogP contribution in [0.2, 0.25) is 0 Å². The Morgan fingerprint density at radius 3 is 2.61 bits per heavy atom. The lowest BCUT2D eigenvalue weighted by Crippen LogP contribution is -2.29. The zero-order valence-electron chi connectivity index (χ0n) is 18.9. The lowest BCUT2D eigenvalue weighted by atomic mass is 9.95. The largest absolute Gasteiger partial charge is 0.493 e. The molecule has 1 N–H and O–H groups in total. The first kappa shape index (κ1) is 22.3. The summed E-state index contributed by atoms with van der Waals surface area (Å²) in [5.74, 6) is 1.40. The van der Waals surface area contributed by atoms with E-state index in [4.69, 9.17) is 14.2 Å². The molecule has 33 heavy (non-hydrogen) atoms. The first-order valence-electron chi connectivity index (χ1n) is 10.5. The summed E-state index contributed by atoms with van der Waals surface area (Å²) in [5, 5.41) is 7.63. The van der Waals surface area contributed by atoms with E-state index in [2.05, 4.69) is 15.4 Å². The van der Waals surface area contributed by atoms with Crippen molar-refractivity contribution in [3.63, 3.8) is 0 Å². The first-order chi connectivity index (χ1) is 15.9. The summed E-state index contributed by atoms with van der Waals surface area (Å²) in [4.78, 5) is 17.3. The van der Waals surface area contributed by atoms with E-state index in [0.29, 0.717) is 34.5 Å². The average Bonchev–Trinajstić information content (AvgIpc) is 3.17. The number of rotatable bonds is 7. The molecule has 1 aliphatic rings. The molecule has 2 heterocycles. The van der Waals surface area contributed by atoms with Gasteiger partial charge in [0.15, 0.2) is 11.5 Å². The molecule has 1 aromatic heterocycles. The minimum Gasteiger partial charge on any atom is -0.493 e. The maximum atomic E-state index is 13.1. The molecular formula is C24H25FN4O4. The monoisotopic (exact) mass is 452 g/mol. The number of esters is 1. The Bertz CT molecular complexity index is 1200. The fraction of sp³-hybridized carbons (Fsp3) is 0.292. The van der Waals surface area contributed by atoms with E-state index in [-0.39, 0.29) is 19.0 Å². The Morgan fingerprint density at radius 2 is 1.91 bits per heavy atom. The van der Waals surface area contributed by atoms with Gasteiger partial charge >= 0.3 is 5.97 Å². The van der Waals surface area contributed by atoms with E-state index in [0.717, 1.165) is 11.1 Å². The zero-order chi connectivity index (χ0) is 23.5. The fourth-order valence-corrected chi connectivity index (χ4v) is 3.75. The highest BCUT2D eigenvalue weighted by Gasteiger charge is 2.35. The van der Waals surface area contributed by atoms with E-state index < -0.39 is 12.0 Å². The van der Waals surface area contributed by atoms with E-state index in [9.17, 15) is 9.18 Å². The van der Waals surface area contributed by atoms with Gasteiger partial charge in [0, 0.05) is 5.70 Å². The van der Waals surface area contributed by atoms with Crippen LogP contribution in [-0.4, -0.2) is 34.5 Å². The lowest BCUT2D eigenvalue weighted by molar-refractivity contribution is -0.139. The molecule has 0 spiro atoms. The van der Waals surface area contributed by atoms with Crippen LogP contribution in [0.5, 0.6) is 11.5 Å². The second-order valence-electron chi connectivity index (χ2n) is 7.54. The van der Waals surface area contributed by atoms with E-state index >= 15 is 0 Å². The van der Waals surface area contributed by atoms with Gasteiger partial charge in [-0.15, -0.1) is 0 Å². The smallest absolute Gasteiger partial charge is 0.338 e. The minimum atomic E-state index is -0.554. The third-order valence-electron chi connectivity index (χ3n) is 5.26. The van der Waals surface area contributed by atoms with E-state index in [1.165, 1.54) is 12.1 Å². The van der Waals surface area contributed by atoms with Gasteiger partial charge < -0.3 is 19.5 Å². The van der Waals surface area contributed by atoms with Crippen molar-refractivity contribution in [2.45, 2.75) is 33.4 Å². The molecule has 2 aromatic carbocycles. The number of hydrogen-bond acceptors (Lipinski definition) is 7. The molecule has 0 unspecified atom stereocenters. The minimum absolute atomic E-state index is 0.253. The van der Waals surface area contributed by atoms with Crippen LogP contribution in [0.4, 0.5) is 10.3 Å². The average molecular weight is 452 g/mol. The summed E-state index contributed by atoms with van der Waals surface area (Å²) in [7, 11) is 1.55. The number of hydrogen-bond donors (Lipinski definition) is 1. The van der Waals surface area contributed by atoms with Crippen LogP contribution in [0, 0.1) is 12.7 Å². The summed E-state index contributed by atoms with van der Waals surface area (Å²) < 4.78 is 31.6. The van der Waals surface area contributed by atoms with Gasteiger partial charge in [0.2, 0.25) is 5.95 Å². The van der Waals surface area contributed by atoms with Crippen molar-refractivity contribution in [3.05, 3.63) is 76.5 Å². The number of carbonyl (C=O) groups excluding carboxylic acids is 1. The van der Waals surface area contributed by atoms with Gasteiger partial charge in [0.25, 0.3) is 0 Å². The standard InChI is InChI=1S/C24H25FN4O4/c1-5-32-23(30)21-14(2)26-24-27-15(3)28-29(24)22(21)17-8-11-19(20(12-17)31-4)33-13-16-6-9-18(25)10-7-16/h6-12,22H,5,13H2,1-4H3,(H,26,27,28)/t22-/m0/s1. The number of benzene rings is 2. The normalized spacial score (nSPS) is 15.0. The molecule has 1 atom stereocenters. The van der Waals surface area contributed by atoms with Crippen molar-refractivity contribution >= 4 is 11.9 Å². The number of allylic oxidation sites excluding steroid dienone is 1. The second-order valence-corrected chi connectivity index (χ2v) is 7.54. The Kier molecular flexibility index (Phi) is 6.30. The molecule has 0 radical (unpaired) electrons. The number of aryl methyl sites for hydroxylation is 1. The number of nitrogens with zero attached hydrogens (tertiary/aromatic N) is 3. The maximum absolute atomic E-state index is 13.1. The third-order valence-corrected chi connectivity index (χ3v) is 5.26. The number of anilines is 1. The van der Waals surface area contributed by atoms with Crippen molar-refractivity contribution in [2.75, 3.05) is 19.0 Å². The van der Waals surface area contributed by atoms with Gasteiger partial charge in [0.05, 0.1) is 19.3 Å². The molecule has 9 heteroatoms. The second kappa shape index (κ2) is 9.32. The van der Waals surface area contributed by atoms with Crippen molar-refractivity contribution in [1.82, 2.24) is 14.8 Å². The van der Waals surface area contributed by atoms with Crippen LogP contribution < -0.4 is 14.8 Å². The first-order valence-corrected chi connectivity index (χ1v) is 10.5. The molecule has 0 saturated heterocycles. The molecule has 172 valence electrons. The van der Waals surface area contributed by atoms with Crippen LogP contribution in [0.3, 0.4) is 0 Å². The summed E-state index contributed by atoms with van der Waals surface area (Å²) in [6.45, 7) is 5.87. The van der Waals surface area contributed by atoms with E-state index in [1.807, 2.05) is 19.1 Å². The van der Waals surface area contributed by atoms with Crippen LogP contribution >= 0.6 is 0 Å². The summed E-state index contributed by atoms with van der Waals surface area (Å²) in [6, 6.07) is 11.0. The molecule has 0 bridgehead atoms. The maximum Gasteiger partial charge on any atom is 0.338 e.